The van der Waals surface area contributed by atoms with Gasteiger partial charge in [0.05, 0.1) is 0 Å². The fourth-order valence-electron chi connectivity index (χ4n) is 2.85. The second kappa shape index (κ2) is 4.02. The summed E-state index contributed by atoms with van der Waals surface area (Å²) < 4.78 is 0. The van der Waals surface area contributed by atoms with Gasteiger partial charge in [-0.3, -0.25) is 0 Å². The monoisotopic (exact) mass is 229 g/mol. The Kier molecular flexibility index (Phi) is 2.52. The van der Waals surface area contributed by atoms with Gasteiger partial charge in [-0.25, -0.2) is 0 Å². The van der Waals surface area contributed by atoms with E-state index in [-0.39, 0.29) is 0 Å². The minimum Gasteiger partial charge on any atom is -0.305 e. The zero-order chi connectivity index (χ0) is 11.0. The molecule has 82 valence electrons. The van der Waals surface area contributed by atoms with Crippen LogP contribution in [-0.2, 0) is 0 Å². The van der Waals surface area contributed by atoms with Crippen molar-refractivity contribution in [2.75, 3.05) is 0 Å². The number of nitrogens with one attached hydrogen (secondary N) is 1. The van der Waals surface area contributed by atoms with E-state index in [1.807, 2.05) is 0 Å². The molecule has 0 aliphatic heterocycles. The van der Waals surface area contributed by atoms with Crippen LogP contribution in [0.15, 0.2) is 40.6 Å². The number of hydrogen-bond acceptors (Lipinski definition) is 2. The predicted molar refractivity (Wildman–Crippen MR) is 69.4 cm³/mol. The van der Waals surface area contributed by atoms with Crippen molar-refractivity contribution >= 4 is 17.0 Å². The molecule has 0 aromatic carbocycles. The van der Waals surface area contributed by atoms with Crippen LogP contribution in [0.2, 0.25) is 0 Å². The molecule has 2 aliphatic carbocycles. The third-order valence-electron chi connectivity index (χ3n) is 3.62. The number of fused-ring (bicyclic) bond motifs is 1. The second-order valence-corrected chi connectivity index (χ2v) is 5.40. The van der Waals surface area contributed by atoms with E-state index >= 15 is 0 Å². The first-order valence-corrected chi connectivity index (χ1v) is 6.76. The maximum Gasteiger partial charge on any atom is 0.0323 e. The number of rotatable bonds is 1. The van der Waals surface area contributed by atoms with Crippen molar-refractivity contribution in [3.63, 3.8) is 0 Å². The van der Waals surface area contributed by atoms with Crippen LogP contribution in [0.4, 0.5) is 0 Å². The predicted octanol–water partition coefficient (Wildman–Crippen LogP) is 4.15. The van der Waals surface area contributed by atoms with Gasteiger partial charge in [-0.15, -0.1) is 0 Å². The second-order valence-electron chi connectivity index (χ2n) is 4.62. The van der Waals surface area contributed by atoms with Crippen molar-refractivity contribution in [1.29, 1.82) is 5.41 Å². The highest BCUT2D eigenvalue weighted by atomic mass is 32.1. The summed E-state index contributed by atoms with van der Waals surface area (Å²) in [7, 11) is 0. The summed E-state index contributed by atoms with van der Waals surface area (Å²) in [5, 5.41) is 12.3. The molecule has 2 heteroatoms. The molecule has 1 heterocycles. The summed E-state index contributed by atoms with van der Waals surface area (Å²) in [5.41, 5.74) is 3.59. The van der Waals surface area contributed by atoms with Gasteiger partial charge in [0.1, 0.15) is 0 Å². The third kappa shape index (κ3) is 1.67. The lowest BCUT2D eigenvalue weighted by molar-refractivity contribution is 0.456. The SMILES string of the molecule is N=C1C=C2C=CCCC2C(c2ccsc2)C1. The fraction of sp³-hybridized carbons (Fsp3) is 0.357. The van der Waals surface area contributed by atoms with Gasteiger partial charge in [0.15, 0.2) is 0 Å². The molecule has 2 atom stereocenters. The van der Waals surface area contributed by atoms with Gasteiger partial charge in [-0.2, -0.15) is 11.3 Å². The first kappa shape index (κ1) is 10.0. The average Bonchev–Trinajstić information content (AvgIpc) is 2.81. The van der Waals surface area contributed by atoms with Crippen LogP contribution in [0.25, 0.3) is 0 Å². The molecular formula is C14H15NS. The molecule has 0 radical (unpaired) electrons. The van der Waals surface area contributed by atoms with Crippen molar-refractivity contribution in [1.82, 2.24) is 0 Å². The van der Waals surface area contributed by atoms with E-state index in [1.165, 1.54) is 24.0 Å². The molecule has 1 nitrogen and oxygen atoms in total. The molecule has 16 heavy (non-hydrogen) atoms. The van der Waals surface area contributed by atoms with E-state index in [0.29, 0.717) is 11.8 Å². The molecule has 0 saturated carbocycles. The normalized spacial score (nSPS) is 28.8. The molecular weight excluding hydrogens is 214 g/mol. The zero-order valence-corrected chi connectivity index (χ0v) is 9.96. The van der Waals surface area contributed by atoms with Crippen molar-refractivity contribution in [3.05, 3.63) is 46.2 Å². The molecule has 0 spiro atoms. The number of thiophene rings is 1. The van der Waals surface area contributed by atoms with Gasteiger partial charge in [0.2, 0.25) is 0 Å². The summed E-state index contributed by atoms with van der Waals surface area (Å²) in [4.78, 5) is 0. The van der Waals surface area contributed by atoms with E-state index in [4.69, 9.17) is 5.41 Å². The van der Waals surface area contributed by atoms with E-state index in [0.717, 1.165) is 12.1 Å². The summed E-state index contributed by atoms with van der Waals surface area (Å²) in [6.07, 6.45) is 9.89. The lowest BCUT2D eigenvalue weighted by atomic mass is 9.71. The van der Waals surface area contributed by atoms with Gasteiger partial charge in [-0.05, 0) is 65.1 Å². The Balaban J connectivity index is 1.99. The van der Waals surface area contributed by atoms with Crippen LogP contribution in [0, 0.1) is 11.3 Å². The highest BCUT2D eigenvalue weighted by molar-refractivity contribution is 7.08. The molecule has 1 aromatic heterocycles. The van der Waals surface area contributed by atoms with Crippen molar-refractivity contribution < 1.29 is 0 Å². The van der Waals surface area contributed by atoms with Crippen LogP contribution in [-0.4, -0.2) is 5.71 Å². The summed E-state index contributed by atoms with van der Waals surface area (Å²) in [5.74, 6) is 1.19. The molecule has 0 fully saturated rings. The summed E-state index contributed by atoms with van der Waals surface area (Å²) in [6.45, 7) is 0. The lowest BCUT2D eigenvalue weighted by Gasteiger charge is -2.33. The minimum absolute atomic E-state index is 0.545. The molecule has 0 bridgehead atoms. The Hall–Kier alpha value is -1.15. The van der Waals surface area contributed by atoms with Crippen molar-refractivity contribution in [3.8, 4) is 0 Å². The van der Waals surface area contributed by atoms with Gasteiger partial charge in [0, 0.05) is 5.71 Å². The van der Waals surface area contributed by atoms with Crippen molar-refractivity contribution in [2.45, 2.75) is 25.2 Å². The standard InChI is InChI=1S/C14H15NS/c15-12-7-10-3-1-2-4-13(10)14(8-12)11-5-6-16-9-11/h1,3,5-7,9,13-15H,2,4,8H2. The quantitative estimate of drug-likeness (QED) is 0.748. The lowest BCUT2D eigenvalue weighted by Crippen LogP contribution is -2.23. The highest BCUT2D eigenvalue weighted by Gasteiger charge is 2.30. The van der Waals surface area contributed by atoms with Crippen LogP contribution >= 0.6 is 11.3 Å². The Morgan fingerprint density at radius 1 is 1.31 bits per heavy atom. The van der Waals surface area contributed by atoms with E-state index in [1.54, 1.807) is 11.3 Å². The Morgan fingerprint density at radius 3 is 3.06 bits per heavy atom. The molecule has 3 rings (SSSR count). The van der Waals surface area contributed by atoms with Crippen LogP contribution in [0.3, 0.4) is 0 Å². The smallest absolute Gasteiger partial charge is 0.0323 e. The van der Waals surface area contributed by atoms with Gasteiger partial charge in [-0.1, -0.05) is 12.2 Å². The zero-order valence-electron chi connectivity index (χ0n) is 9.15. The molecule has 1 aromatic rings. The Bertz CT molecular complexity index is 453. The fourth-order valence-corrected chi connectivity index (χ4v) is 3.57. The van der Waals surface area contributed by atoms with Crippen LogP contribution < -0.4 is 0 Å². The molecule has 1 N–H and O–H groups in total. The van der Waals surface area contributed by atoms with Gasteiger partial charge < -0.3 is 5.41 Å². The summed E-state index contributed by atoms with van der Waals surface area (Å²) in [6, 6.07) is 2.23. The largest absolute Gasteiger partial charge is 0.305 e. The average molecular weight is 229 g/mol. The third-order valence-corrected chi connectivity index (χ3v) is 4.32. The van der Waals surface area contributed by atoms with E-state index < -0.39 is 0 Å². The maximum absolute atomic E-state index is 7.94. The molecule has 0 saturated heterocycles. The van der Waals surface area contributed by atoms with E-state index in [2.05, 4.69) is 35.1 Å². The van der Waals surface area contributed by atoms with Crippen LogP contribution in [0.5, 0.6) is 0 Å². The minimum atomic E-state index is 0.545. The van der Waals surface area contributed by atoms with Gasteiger partial charge in [0.25, 0.3) is 0 Å². The highest BCUT2D eigenvalue weighted by Crippen LogP contribution is 2.42. The topological polar surface area (TPSA) is 23.9 Å². The number of allylic oxidation sites excluding steroid dienone is 4. The maximum atomic E-state index is 7.94. The molecule has 2 unspecified atom stereocenters. The Labute approximate surface area is 100 Å². The Morgan fingerprint density at radius 2 is 2.25 bits per heavy atom. The van der Waals surface area contributed by atoms with E-state index in [9.17, 15) is 0 Å². The molecule has 0 amide bonds. The number of hydrogen-bond donors (Lipinski definition) is 1. The van der Waals surface area contributed by atoms with Gasteiger partial charge >= 0.3 is 0 Å². The van der Waals surface area contributed by atoms with Crippen LogP contribution in [0.1, 0.15) is 30.7 Å². The molecule has 2 aliphatic rings. The summed E-state index contributed by atoms with van der Waals surface area (Å²) >= 11 is 1.77. The first-order valence-electron chi connectivity index (χ1n) is 5.82. The van der Waals surface area contributed by atoms with Crippen molar-refractivity contribution in [2.24, 2.45) is 5.92 Å². The first-order chi connectivity index (χ1) is 7.84.